The Morgan fingerprint density at radius 2 is 1.39 bits per heavy atom. The Hall–Kier alpha value is -1.18. The van der Waals surface area contributed by atoms with Crippen LogP contribution < -0.4 is 4.74 Å². The van der Waals surface area contributed by atoms with Crippen molar-refractivity contribution in [3.05, 3.63) is 24.3 Å². The highest BCUT2D eigenvalue weighted by Crippen LogP contribution is 2.16. The SMILES string of the molecule is CCCCCCCCCCOc1ccc(O)cc1. The molecule has 0 saturated heterocycles. The van der Waals surface area contributed by atoms with Crippen molar-refractivity contribution in [1.29, 1.82) is 0 Å². The van der Waals surface area contributed by atoms with Crippen LogP contribution in [0.15, 0.2) is 24.3 Å². The number of aromatic hydroxyl groups is 1. The molecule has 18 heavy (non-hydrogen) atoms. The van der Waals surface area contributed by atoms with E-state index >= 15 is 0 Å². The van der Waals surface area contributed by atoms with Gasteiger partial charge in [0.1, 0.15) is 11.5 Å². The molecule has 1 aromatic carbocycles. The van der Waals surface area contributed by atoms with Crippen molar-refractivity contribution < 1.29 is 9.84 Å². The Bertz CT molecular complexity index is 292. The second-order valence-electron chi connectivity index (χ2n) is 4.82. The molecule has 102 valence electrons. The van der Waals surface area contributed by atoms with Gasteiger partial charge in [0.25, 0.3) is 0 Å². The van der Waals surface area contributed by atoms with E-state index in [9.17, 15) is 0 Å². The minimum absolute atomic E-state index is 0.287. The summed E-state index contributed by atoms with van der Waals surface area (Å²) >= 11 is 0. The molecule has 0 aliphatic rings. The van der Waals surface area contributed by atoms with Crippen LogP contribution in [-0.2, 0) is 0 Å². The van der Waals surface area contributed by atoms with Crippen LogP contribution in [-0.4, -0.2) is 11.7 Å². The van der Waals surface area contributed by atoms with Crippen molar-refractivity contribution in [1.82, 2.24) is 0 Å². The number of ether oxygens (including phenoxy) is 1. The molecule has 1 rings (SSSR count). The topological polar surface area (TPSA) is 29.5 Å². The molecule has 0 unspecified atom stereocenters. The molecule has 0 saturated carbocycles. The van der Waals surface area contributed by atoms with Crippen LogP contribution in [0.4, 0.5) is 0 Å². The molecule has 0 atom stereocenters. The molecule has 0 aliphatic heterocycles. The van der Waals surface area contributed by atoms with E-state index < -0.39 is 0 Å². The van der Waals surface area contributed by atoms with Gasteiger partial charge in [0.15, 0.2) is 0 Å². The largest absolute Gasteiger partial charge is 0.508 e. The summed E-state index contributed by atoms with van der Waals surface area (Å²) in [6, 6.07) is 6.92. The average molecular weight is 250 g/mol. The van der Waals surface area contributed by atoms with Crippen molar-refractivity contribution in [2.45, 2.75) is 58.3 Å². The fourth-order valence-corrected chi connectivity index (χ4v) is 1.97. The number of phenolic OH excluding ortho intramolecular Hbond substituents is 1. The zero-order valence-corrected chi connectivity index (χ0v) is 11.5. The van der Waals surface area contributed by atoms with E-state index in [1.54, 1.807) is 24.3 Å². The maximum absolute atomic E-state index is 9.13. The van der Waals surface area contributed by atoms with Crippen LogP contribution in [0.1, 0.15) is 58.3 Å². The molecule has 2 heteroatoms. The van der Waals surface area contributed by atoms with Crippen LogP contribution in [0.3, 0.4) is 0 Å². The summed E-state index contributed by atoms with van der Waals surface area (Å²) in [7, 11) is 0. The summed E-state index contributed by atoms with van der Waals surface area (Å²) in [5.74, 6) is 1.13. The van der Waals surface area contributed by atoms with Gasteiger partial charge in [-0.05, 0) is 30.7 Å². The molecule has 1 N–H and O–H groups in total. The summed E-state index contributed by atoms with van der Waals surface area (Å²) < 4.78 is 5.59. The maximum atomic E-state index is 9.13. The van der Waals surface area contributed by atoms with Crippen molar-refractivity contribution >= 4 is 0 Å². The predicted octanol–water partition coefficient (Wildman–Crippen LogP) is 4.91. The first-order valence-electron chi connectivity index (χ1n) is 7.24. The third-order valence-electron chi connectivity index (χ3n) is 3.10. The monoisotopic (exact) mass is 250 g/mol. The summed E-state index contributed by atoms with van der Waals surface area (Å²) in [6.45, 7) is 3.03. The van der Waals surface area contributed by atoms with Crippen LogP contribution in [0.2, 0.25) is 0 Å². The Balaban J connectivity index is 1.91. The Morgan fingerprint density at radius 3 is 2.00 bits per heavy atom. The fourth-order valence-electron chi connectivity index (χ4n) is 1.97. The predicted molar refractivity (Wildman–Crippen MR) is 76.2 cm³/mol. The van der Waals surface area contributed by atoms with E-state index in [1.807, 2.05) is 0 Å². The highest BCUT2D eigenvalue weighted by molar-refractivity contribution is 5.29. The minimum Gasteiger partial charge on any atom is -0.508 e. The smallest absolute Gasteiger partial charge is 0.119 e. The normalized spacial score (nSPS) is 10.5. The highest BCUT2D eigenvalue weighted by atomic mass is 16.5. The quantitative estimate of drug-likeness (QED) is 0.598. The molecule has 0 fully saturated rings. The van der Waals surface area contributed by atoms with Crippen molar-refractivity contribution in [3.63, 3.8) is 0 Å². The van der Waals surface area contributed by atoms with Crippen LogP contribution >= 0.6 is 0 Å². The van der Waals surface area contributed by atoms with E-state index in [1.165, 1.54) is 44.9 Å². The van der Waals surface area contributed by atoms with E-state index in [0.29, 0.717) is 0 Å². The Kier molecular flexibility index (Phi) is 8.11. The molecule has 0 amide bonds. The maximum Gasteiger partial charge on any atom is 0.119 e. The van der Waals surface area contributed by atoms with E-state index in [4.69, 9.17) is 9.84 Å². The standard InChI is InChI=1S/C16H26O2/c1-2-3-4-5-6-7-8-9-14-18-16-12-10-15(17)11-13-16/h10-13,17H,2-9,14H2,1H3. The third kappa shape index (κ3) is 7.21. The van der Waals surface area contributed by atoms with Gasteiger partial charge in [-0.2, -0.15) is 0 Å². The molecule has 0 aromatic heterocycles. The van der Waals surface area contributed by atoms with Crippen molar-refractivity contribution in [2.24, 2.45) is 0 Å². The van der Waals surface area contributed by atoms with Gasteiger partial charge in [-0.15, -0.1) is 0 Å². The number of hydrogen-bond acceptors (Lipinski definition) is 2. The van der Waals surface area contributed by atoms with Gasteiger partial charge in [-0.3, -0.25) is 0 Å². The van der Waals surface area contributed by atoms with Crippen molar-refractivity contribution in [3.8, 4) is 11.5 Å². The number of hydrogen-bond donors (Lipinski definition) is 1. The first kappa shape index (κ1) is 14.9. The number of benzene rings is 1. The van der Waals surface area contributed by atoms with Gasteiger partial charge >= 0.3 is 0 Å². The van der Waals surface area contributed by atoms with Gasteiger partial charge in [0.2, 0.25) is 0 Å². The minimum atomic E-state index is 0.287. The van der Waals surface area contributed by atoms with Gasteiger partial charge < -0.3 is 9.84 Å². The molecule has 0 spiro atoms. The summed E-state index contributed by atoms with van der Waals surface area (Å²) in [5, 5.41) is 9.13. The van der Waals surface area contributed by atoms with Gasteiger partial charge in [-0.25, -0.2) is 0 Å². The summed E-state index contributed by atoms with van der Waals surface area (Å²) in [4.78, 5) is 0. The molecule has 1 aromatic rings. The van der Waals surface area contributed by atoms with Crippen LogP contribution in [0, 0.1) is 0 Å². The second-order valence-corrected chi connectivity index (χ2v) is 4.82. The van der Waals surface area contributed by atoms with Crippen LogP contribution in [0.5, 0.6) is 11.5 Å². The first-order chi connectivity index (χ1) is 8.83. The van der Waals surface area contributed by atoms with Gasteiger partial charge in [0, 0.05) is 0 Å². The van der Waals surface area contributed by atoms with E-state index in [-0.39, 0.29) is 5.75 Å². The molecule has 2 nitrogen and oxygen atoms in total. The lowest BCUT2D eigenvalue weighted by Crippen LogP contribution is -1.96. The second kappa shape index (κ2) is 9.81. The number of unbranched alkanes of at least 4 members (excludes halogenated alkanes) is 7. The molecule has 0 radical (unpaired) electrons. The average Bonchev–Trinajstić information content (AvgIpc) is 2.39. The number of phenols is 1. The lowest BCUT2D eigenvalue weighted by Gasteiger charge is -2.06. The lowest BCUT2D eigenvalue weighted by atomic mass is 10.1. The summed E-state index contributed by atoms with van der Waals surface area (Å²) in [6.07, 6.45) is 10.5. The highest BCUT2D eigenvalue weighted by Gasteiger charge is 1.95. The summed E-state index contributed by atoms with van der Waals surface area (Å²) in [5.41, 5.74) is 0. The van der Waals surface area contributed by atoms with Crippen molar-refractivity contribution in [2.75, 3.05) is 6.61 Å². The zero-order chi connectivity index (χ0) is 13.1. The van der Waals surface area contributed by atoms with E-state index in [0.717, 1.165) is 18.8 Å². The molecular weight excluding hydrogens is 224 g/mol. The third-order valence-corrected chi connectivity index (χ3v) is 3.10. The fraction of sp³-hybridized carbons (Fsp3) is 0.625. The molecule has 0 bridgehead atoms. The lowest BCUT2D eigenvalue weighted by molar-refractivity contribution is 0.304. The Labute approximate surface area is 111 Å². The van der Waals surface area contributed by atoms with Crippen LogP contribution in [0.25, 0.3) is 0 Å². The van der Waals surface area contributed by atoms with E-state index in [2.05, 4.69) is 6.92 Å². The number of rotatable bonds is 10. The van der Waals surface area contributed by atoms with Gasteiger partial charge in [-0.1, -0.05) is 51.9 Å². The molecular formula is C16H26O2. The molecule has 0 aliphatic carbocycles. The Morgan fingerprint density at radius 1 is 0.833 bits per heavy atom. The first-order valence-corrected chi connectivity index (χ1v) is 7.24. The molecule has 0 heterocycles. The van der Waals surface area contributed by atoms with Gasteiger partial charge in [0.05, 0.1) is 6.61 Å². The zero-order valence-electron chi connectivity index (χ0n) is 11.5.